The first-order valence-electron chi connectivity index (χ1n) is 5.57. The quantitative estimate of drug-likeness (QED) is 0.809. The maximum Gasteiger partial charge on any atom is 0.143 e. The summed E-state index contributed by atoms with van der Waals surface area (Å²) < 4.78 is 0.834. The molecule has 0 spiro atoms. The maximum atomic E-state index is 8.93. The number of anilines is 1. The van der Waals surface area contributed by atoms with Crippen molar-refractivity contribution >= 4 is 21.7 Å². The Kier molecular flexibility index (Phi) is 5.87. The highest BCUT2D eigenvalue weighted by atomic mass is 79.9. The summed E-state index contributed by atoms with van der Waals surface area (Å²) >= 11 is 3.30. The second-order valence-electron chi connectivity index (χ2n) is 3.65. The maximum absolute atomic E-state index is 8.93. The summed E-state index contributed by atoms with van der Waals surface area (Å²) in [6, 6.07) is 3.91. The fourth-order valence-electron chi connectivity index (χ4n) is 1.42. The molecule has 0 saturated heterocycles. The van der Waals surface area contributed by atoms with E-state index in [0.717, 1.165) is 17.4 Å². The van der Waals surface area contributed by atoms with E-state index in [1.54, 1.807) is 12.3 Å². The van der Waals surface area contributed by atoms with Crippen LogP contribution in [0.25, 0.3) is 0 Å². The zero-order valence-electron chi connectivity index (χ0n) is 9.46. The van der Waals surface area contributed by atoms with Crippen LogP contribution >= 0.6 is 15.9 Å². The second kappa shape index (κ2) is 7.24. The molecule has 16 heavy (non-hydrogen) atoms. The number of aromatic nitrogens is 1. The van der Waals surface area contributed by atoms with Crippen molar-refractivity contribution in [1.82, 2.24) is 4.98 Å². The van der Waals surface area contributed by atoms with E-state index in [0.29, 0.717) is 11.4 Å². The van der Waals surface area contributed by atoms with Crippen molar-refractivity contribution in [2.24, 2.45) is 0 Å². The molecule has 1 heterocycles. The topological polar surface area (TPSA) is 48.7 Å². The summed E-state index contributed by atoms with van der Waals surface area (Å²) in [6.07, 6.45) is 6.55. The summed E-state index contributed by atoms with van der Waals surface area (Å²) in [4.78, 5) is 4.19. The van der Waals surface area contributed by atoms with Gasteiger partial charge < -0.3 is 5.32 Å². The summed E-state index contributed by atoms with van der Waals surface area (Å²) in [5, 5.41) is 12.1. The molecule has 86 valence electrons. The first-order valence-corrected chi connectivity index (χ1v) is 6.36. The molecule has 0 fully saturated rings. The van der Waals surface area contributed by atoms with Crippen LogP contribution in [0.15, 0.2) is 16.7 Å². The van der Waals surface area contributed by atoms with Gasteiger partial charge in [-0.05, 0) is 28.4 Å². The third-order valence-corrected chi connectivity index (χ3v) is 2.73. The lowest BCUT2D eigenvalue weighted by molar-refractivity contribution is 0.684. The fourth-order valence-corrected chi connectivity index (χ4v) is 1.76. The Labute approximate surface area is 105 Å². The lowest BCUT2D eigenvalue weighted by atomic mass is 10.2. The van der Waals surface area contributed by atoms with Crippen LogP contribution in [0.1, 0.15) is 38.2 Å². The molecule has 0 radical (unpaired) electrons. The number of nitriles is 1. The molecule has 0 aliphatic rings. The number of unbranched alkanes of at least 4 members (excludes halogenated alkanes) is 3. The third-order valence-electron chi connectivity index (χ3n) is 2.30. The first-order chi connectivity index (χ1) is 7.77. The number of halogens is 1. The molecule has 0 atom stereocenters. The minimum absolute atomic E-state index is 0.588. The summed E-state index contributed by atoms with van der Waals surface area (Å²) in [5.41, 5.74) is 0.588. The van der Waals surface area contributed by atoms with Gasteiger partial charge in [-0.3, -0.25) is 0 Å². The van der Waals surface area contributed by atoms with E-state index in [2.05, 4.69) is 39.2 Å². The highest BCUT2D eigenvalue weighted by Crippen LogP contribution is 2.17. The van der Waals surface area contributed by atoms with Gasteiger partial charge in [0.2, 0.25) is 0 Å². The summed E-state index contributed by atoms with van der Waals surface area (Å²) in [5.74, 6) is 0.683. The Bertz CT molecular complexity index is 371. The van der Waals surface area contributed by atoms with Crippen LogP contribution < -0.4 is 5.32 Å². The molecular formula is C12H16BrN3. The van der Waals surface area contributed by atoms with Crippen LogP contribution in [0.5, 0.6) is 0 Å². The Hall–Kier alpha value is -1.08. The van der Waals surface area contributed by atoms with Crippen molar-refractivity contribution in [1.29, 1.82) is 5.26 Å². The van der Waals surface area contributed by atoms with Crippen LogP contribution in [0.3, 0.4) is 0 Å². The van der Waals surface area contributed by atoms with E-state index >= 15 is 0 Å². The first kappa shape index (κ1) is 13.0. The summed E-state index contributed by atoms with van der Waals surface area (Å²) in [7, 11) is 0. The molecule has 0 saturated carbocycles. The van der Waals surface area contributed by atoms with Crippen LogP contribution in [-0.4, -0.2) is 11.5 Å². The van der Waals surface area contributed by atoms with Gasteiger partial charge in [0.15, 0.2) is 0 Å². The number of hydrogen-bond donors (Lipinski definition) is 1. The lowest BCUT2D eigenvalue weighted by Gasteiger charge is -2.06. The molecule has 0 aliphatic heterocycles. The van der Waals surface area contributed by atoms with Crippen molar-refractivity contribution in [3.63, 3.8) is 0 Å². The third kappa shape index (κ3) is 4.19. The fraction of sp³-hybridized carbons (Fsp3) is 0.500. The molecule has 0 amide bonds. The highest BCUT2D eigenvalue weighted by Gasteiger charge is 2.03. The van der Waals surface area contributed by atoms with Crippen LogP contribution in [-0.2, 0) is 0 Å². The number of nitrogens with zero attached hydrogens (tertiary/aromatic N) is 2. The molecule has 3 nitrogen and oxygen atoms in total. The second-order valence-corrected chi connectivity index (χ2v) is 4.56. The van der Waals surface area contributed by atoms with Gasteiger partial charge in [-0.15, -0.1) is 0 Å². The van der Waals surface area contributed by atoms with Gasteiger partial charge in [-0.2, -0.15) is 5.26 Å². The van der Waals surface area contributed by atoms with E-state index in [4.69, 9.17) is 5.26 Å². The Balaban J connectivity index is 2.45. The highest BCUT2D eigenvalue weighted by molar-refractivity contribution is 9.10. The predicted octanol–water partition coefficient (Wildman–Crippen LogP) is 3.71. The number of nitrogens with one attached hydrogen (secondary N) is 1. The molecular weight excluding hydrogens is 266 g/mol. The molecule has 1 rings (SSSR count). The van der Waals surface area contributed by atoms with Crippen molar-refractivity contribution in [3.05, 3.63) is 22.3 Å². The average molecular weight is 282 g/mol. The predicted molar refractivity (Wildman–Crippen MR) is 69.3 cm³/mol. The van der Waals surface area contributed by atoms with Gasteiger partial charge in [0.05, 0.1) is 5.56 Å². The number of pyridine rings is 1. The van der Waals surface area contributed by atoms with Gasteiger partial charge in [0.25, 0.3) is 0 Å². The number of rotatable bonds is 6. The van der Waals surface area contributed by atoms with Crippen molar-refractivity contribution in [3.8, 4) is 6.07 Å². The monoisotopic (exact) mass is 281 g/mol. The van der Waals surface area contributed by atoms with Crippen LogP contribution in [0, 0.1) is 11.3 Å². The van der Waals surface area contributed by atoms with Crippen LogP contribution in [0.2, 0.25) is 0 Å². The lowest BCUT2D eigenvalue weighted by Crippen LogP contribution is -2.05. The minimum Gasteiger partial charge on any atom is -0.369 e. The molecule has 1 aromatic rings. The largest absolute Gasteiger partial charge is 0.369 e. The van der Waals surface area contributed by atoms with Gasteiger partial charge in [0.1, 0.15) is 11.9 Å². The van der Waals surface area contributed by atoms with Gasteiger partial charge >= 0.3 is 0 Å². The smallest absolute Gasteiger partial charge is 0.143 e. The van der Waals surface area contributed by atoms with Crippen molar-refractivity contribution < 1.29 is 0 Å². The zero-order valence-corrected chi connectivity index (χ0v) is 11.0. The molecule has 1 aromatic heterocycles. The van der Waals surface area contributed by atoms with E-state index < -0.39 is 0 Å². The number of hydrogen-bond acceptors (Lipinski definition) is 3. The normalized spacial score (nSPS) is 9.81. The van der Waals surface area contributed by atoms with E-state index in [-0.39, 0.29) is 0 Å². The van der Waals surface area contributed by atoms with E-state index in [1.807, 2.05) is 0 Å². The molecule has 0 aliphatic carbocycles. The molecule has 0 aromatic carbocycles. The van der Waals surface area contributed by atoms with E-state index in [1.165, 1.54) is 19.3 Å². The minimum atomic E-state index is 0.588. The molecule has 4 heteroatoms. The van der Waals surface area contributed by atoms with Crippen molar-refractivity contribution in [2.45, 2.75) is 32.6 Å². The van der Waals surface area contributed by atoms with Gasteiger partial charge in [-0.25, -0.2) is 4.98 Å². The zero-order chi connectivity index (χ0) is 11.8. The molecule has 0 unspecified atom stereocenters. The molecule has 1 N–H and O–H groups in total. The van der Waals surface area contributed by atoms with Gasteiger partial charge in [-0.1, -0.05) is 26.2 Å². The SMILES string of the molecule is CCCCCCNc1ncc(Br)cc1C#N. The van der Waals surface area contributed by atoms with Crippen molar-refractivity contribution in [2.75, 3.05) is 11.9 Å². The summed E-state index contributed by atoms with van der Waals surface area (Å²) in [6.45, 7) is 3.07. The van der Waals surface area contributed by atoms with Crippen LogP contribution in [0.4, 0.5) is 5.82 Å². The Morgan fingerprint density at radius 3 is 2.94 bits per heavy atom. The van der Waals surface area contributed by atoms with Gasteiger partial charge in [0, 0.05) is 17.2 Å². The van der Waals surface area contributed by atoms with E-state index in [9.17, 15) is 0 Å². The standard InChI is InChI=1S/C12H16BrN3/c1-2-3-4-5-6-15-12-10(8-14)7-11(13)9-16-12/h7,9H,2-6H2,1H3,(H,15,16). The Morgan fingerprint density at radius 1 is 1.44 bits per heavy atom. The Morgan fingerprint density at radius 2 is 2.25 bits per heavy atom. The average Bonchev–Trinajstić information content (AvgIpc) is 2.30. The molecule has 0 bridgehead atoms.